The van der Waals surface area contributed by atoms with Crippen LogP contribution in [0.4, 0.5) is 5.82 Å². The molecule has 0 fully saturated rings. The van der Waals surface area contributed by atoms with Crippen molar-refractivity contribution in [3.63, 3.8) is 0 Å². The molecule has 7 nitrogen and oxygen atoms in total. The Morgan fingerprint density at radius 1 is 1.10 bits per heavy atom. The number of aromatic amines is 1. The van der Waals surface area contributed by atoms with Crippen molar-refractivity contribution < 1.29 is 9.59 Å². The Labute approximate surface area is 175 Å². The number of carbonyl (C=O) groups is 2. The third-order valence-electron chi connectivity index (χ3n) is 5.53. The first-order valence-electron chi connectivity index (χ1n) is 10.3. The van der Waals surface area contributed by atoms with Gasteiger partial charge in [0.25, 0.3) is 11.8 Å². The highest BCUT2D eigenvalue weighted by atomic mass is 16.2. The van der Waals surface area contributed by atoms with Gasteiger partial charge in [-0.1, -0.05) is 6.07 Å². The van der Waals surface area contributed by atoms with E-state index < -0.39 is 0 Å². The van der Waals surface area contributed by atoms with Gasteiger partial charge in [0.05, 0.1) is 17.0 Å². The van der Waals surface area contributed by atoms with Crippen molar-refractivity contribution in [2.75, 3.05) is 5.32 Å². The third kappa shape index (κ3) is 3.75. The van der Waals surface area contributed by atoms with Gasteiger partial charge in [0.1, 0.15) is 0 Å². The van der Waals surface area contributed by atoms with Crippen LogP contribution in [-0.4, -0.2) is 32.6 Å². The Morgan fingerprint density at radius 3 is 2.63 bits per heavy atom. The fourth-order valence-corrected chi connectivity index (χ4v) is 3.79. The molecule has 3 aromatic rings. The summed E-state index contributed by atoms with van der Waals surface area (Å²) in [5, 5.41) is 13.3. The molecule has 2 aromatic heterocycles. The number of hydrogen-bond acceptors (Lipinski definition) is 3. The Hall–Kier alpha value is -3.35. The molecule has 3 heterocycles. The van der Waals surface area contributed by atoms with Gasteiger partial charge in [-0.2, -0.15) is 5.10 Å². The Kier molecular flexibility index (Phi) is 5.20. The number of benzene rings is 1. The zero-order chi connectivity index (χ0) is 21.4. The number of rotatable bonds is 4. The second kappa shape index (κ2) is 7.82. The Balaban J connectivity index is 1.62. The van der Waals surface area contributed by atoms with E-state index in [2.05, 4.69) is 25.4 Å². The second-order valence-electron chi connectivity index (χ2n) is 8.22. The molecule has 0 atom stereocenters. The lowest BCUT2D eigenvalue weighted by Crippen LogP contribution is -2.29. The number of H-pyrrole nitrogens is 1. The average Bonchev–Trinajstić information content (AvgIpc) is 3.24. The summed E-state index contributed by atoms with van der Waals surface area (Å²) in [6.07, 6.45) is 3.58. The molecule has 0 radical (unpaired) electrons. The van der Waals surface area contributed by atoms with Crippen molar-refractivity contribution in [3.8, 4) is 11.4 Å². The number of nitrogens with zero attached hydrogens (tertiary/aromatic N) is 2. The molecular weight excluding hydrogens is 378 g/mol. The maximum absolute atomic E-state index is 12.8. The predicted molar refractivity (Wildman–Crippen MR) is 117 cm³/mol. The van der Waals surface area contributed by atoms with E-state index in [-0.39, 0.29) is 17.9 Å². The van der Waals surface area contributed by atoms with Crippen LogP contribution in [0.5, 0.6) is 0 Å². The van der Waals surface area contributed by atoms with E-state index >= 15 is 0 Å². The molecule has 3 N–H and O–H groups in total. The predicted octanol–water partition coefficient (Wildman–Crippen LogP) is 3.83. The van der Waals surface area contributed by atoms with Crippen molar-refractivity contribution >= 4 is 17.6 Å². The third-order valence-corrected chi connectivity index (χ3v) is 5.53. The molecule has 4 rings (SSSR count). The van der Waals surface area contributed by atoms with Crippen LogP contribution in [0.15, 0.2) is 30.5 Å². The SMILES string of the molecule is Cc1ccc(C(=O)Nc2n[nH]c3c2CCCn2cc(C(=O)NC(C)C)cc2-3)cc1C. The topological polar surface area (TPSA) is 91.8 Å². The monoisotopic (exact) mass is 405 g/mol. The van der Waals surface area contributed by atoms with Crippen LogP contribution in [0.3, 0.4) is 0 Å². The standard InChI is InChI=1S/C23H27N5O2/c1-13(2)24-23(30)17-11-19-20-18(6-5-9-28(19)12-17)21(27-26-20)25-22(29)16-8-7-14(3)15(4)10-16/h7-8,10-13H,5-6,9H2,1-4H3,(H,24,30)(H2,25,26,27,29). The van der Waals surface area contributed by atoms with Crippen molar-refractivity contribution in [2.45, 2.75) is 53.1 Å². The van der Waals surface area contributed by atoms with Crippen LogP contribution >= 0.6 is 0 Å². The number of aromatic nitrogens is 3. The van der Waals surface area contributed by atoms with Crippen molar-refractivity contribution in [1.29, 1.82) is 0 Å². The summed E-state index contributed by atoms with van der Waals surface area (Å²) in [5.74, 6) is 0.287. The summed E-state index contributed by atoms with van der Waals surface area (Å²) in [7, 11) is 0. The number of nitrogens with one attached hydrogen (secondary N) is 3. The first-order valence-corrected chi connectivity index (χ1v) is 10.3. The smallest absolute Gasteiger partial charge is 0.256 e. The van der Waals surface area contributed by atoms with Gasteiger partial charge in [-0.25, -0.2) is 0 Å². The molecule has 1 aliphatic heterocycles. The van der Waals surface area contributed by atoms with Gasteiger partial charge in [0.2, 0.25) is 0 Å². The number of fused-ring (bicyclic) bond motifs is 3. The van der Waals surface area contributed by atoms with E-state index in [9.17, 15) is 9.59 Å². The lowest BCUT2D eigenvalue weighted by atomic mass is 10.1. The van der Waals surface area contributed by atoms with Gasteiger partial charge in [-0.05, 0) is 69.9 Å². The molecule has 0 bridgehead atoms. The van der Waals surface area contributed by atoms with Crippen LogP contribution in [0, 0.1) is 13.8 Å². The van der Waals surface area contributed by atoms with Gasteiger partial charge < -0.3 is 15.2 Å². The zero-order valence-electron chi connectivity index (χ0n) is 17.8. The fraction of sp³-hybridized carbons (Fsp3) is 0.348. The highest BCUT2D eigenvalue weighted by molar-refractivity contribution is 6.04. The number of anilines is 1. The maximum atomic E-state index is 12.8. The van der Waals surface area contributed by atoms with Crippen molar-refractivity contribution in [3.05, 3.63) is 58.3 Å². The molecule has 1 aromatic carbocycles. The van der Waals surface area contributed by atoms with E-state index in [0.29, 0.717) is 16.9 Å². The normalized spacial score (nSPS) is 12.8. The Morgan fingerprint density at radius 2 is 1.90 bits per heavy atom. The molecule has 2 amide bonds. The number of hydrogen-bond donors (Lipinski definition) is 3. The maximum Gasteiger partial charge on any atom is 0.256 e. The summed E-state index contributed by atoms with van der Waals surface area (Å²) in [5.41, 5.74) is 6.20. The van der Waals surface area contributed by atoms with E-state index in [1.165, 1.54) is 0 Å². The lowest BCUT2D eigenvalue weighted by Gasteiger charge is -2.07. The minimum Gasteiger partial charge on any atom is -0.350 e. The molecule has 0 aliphatic carbocycles. The molecule has 0 saturated carbocycles. The molecule has 30 heavy (non-hydrogen) atoms. The zero-order valence-corrected chi connectivity index (χ0v) is 17.8. The molecule has 1 aliphatic rings. The van der Waals surface area contributed by atoms with Crippen LogP contribution < -0.4 is 10.6 Å². The largest absolute Gasteiger partial charge is 0.350 e. The summed E-state index contributed by atoms with van der Waals surface area (Å²) >= 11 is 0. The van der Waals surface area contributed by atoms with Gasteiger partial charge in [0, 0.05) is 29.9 Å². The molecule has 0 saturated heterocycles. The molecule has 0 spiro atoms. The molecule has 7 heteroatoms. The summed E-state index contributed by atoms with van der Waals surface area (Å²) in [6, 6.07) is 7.63. The van der Waals surface area contributed by atoms with Gasteiger partial charge >= 0.3 is 0 Å². The summed E-state index contributed by atoms with van der Waals surface area (Å²) < 4.78 is 2.08. The first kappa shape index (κ1) is 19.9. The second-order valence-corrected chi connectivity index (χ2v) is 8.22. The summed E-state index contributed by atoms with van der Waals surface area (Å²) in [4.78, 5) is 25.2. The van der Waals surface area contributed by atoms with E-state index in [4.69, 9.17) is 0 Å². The van der Waals surface area contributed by atoms with Gasteiger partial charge in [-0.15, -0.1) is 0 Å². The van der Waals surface area contributed by atoms with Crippen molar-refractivity contribution in [2.24, 2.45) is 0 Å². The number of amides is 2. The minimum atomic E-state index is -0.177. The lowest BCUT2D eigenvalue weighted by molar-refractivity contribution is 0.0942. The van der Waals surface area contributed by atoms with E-state index in [1.54, 1.807) is 0 Å². The van der Waals surface area contributed by atoms with Crippen LogP contribution in [0.2, 0.25) is 0 Å². The highest BCUT2D eigenvalue weighted by Crippen LogP contribution is 2.33. The van der Waals surface area contributed by atoms with Crippen LogP contribution in [-0.2, 0) is 13.0 Å². The summed E-state index contributed by atoms with van der Waals surface area (Å²) in [6.45, 7) is 8.70. The minimum absolute atomic E-state index is 0.0761. The van der Waals surface area contributed by atoms with Crippen LogP contribution in [0.1, 0.15) is 57.7 Å². The van der Waals surface area contributed by atoms with Crippen molar-refractivity contribution in [1.82, 2.24) is 20.1 Å². The fourth-order valence-electron chi connectivity index (χ4n) is 3.79. The molecule has 156 valence electrons. The number of aryl methyl sites for hydroxylation is 3. The molecular formula is C23H27N5O2. The van der Waals surface area contributed by atoms with E-state index in [0.717, 1.165) is 47.5 Å². The van der Waals surface area contributed by atoms with Gasteiger partial charge in [-0.3, -0.25) is 14.7 Å². The number of carbonyl (C=O) groups excluding carboxylic acids is 2. The van der Waals surface area contributed by atoms with Crippen LogP contribution in [0.25, 0.3) is 11.4 Å². The highest BCUT2D eigenvalue weighted by Gasteiger charge is 2.24. The van der Waals surface area contributed by atoms with Gasteiger partial charge in [0.15, 0.2) is 5.82 Å². The Bertz CT molecular complexity index is 1120. The average molecular weight is 406 g/mol. The van der Waals surface area contributed by atoms with E-state index in [1.807, 2.05) is 58.2 Å². The molecule has 0 unspecified atom stereocenters. The first-order chi connectivity index (χ1) is 14.3. The quantitative estimate of drug-likeness (QED) is 0.616.